The number of fused-ring (bicyclic) bond motifs is 3. The highest BCUT2D eigenvalue weighted by Crippen LogP contribution is 2.41. The molecule has 1 aliphatic carbocycles. The van der Waals surface area contributed by atoms with Gasteiger partial charge in [-0.25, -0.2) is 8.42 Å². The average Bonchev–Trinajstić information content (AvgIpc) is 3.15. The van der Waals surface area contributed by atoms with E-state index in [-0.39, 0.29) is 53.1 Å². The summed E-state index contributed by atoms with van der Waals surface area (Å²) in [5.41, 5.74) is 0. The number of ether oxygens (including phenoxy) is 4. The minimum atomic E-state index is -2.96. The van der Waals surface area contributed by atoms with Gasteiger partial charge in [0.1, 0.15) is 23.9 Å². The summed E-state index contributed by atoms with van der Waals surface area (Å²) in [4.78, 5) is 15.3. The number of hydrogen-bond donors (Lipinski definition) is 0. The largest absolute Gasteiger partial charge is 0.497 e. The van der Waals surface area contributed by atoms with E-state index in [4.69, 9.17) is 18.9 Å². The Labute approximate surface area is 182 Å². The molecule has 0 bridgehead atoms. The van der Waals surface area contributed by atoms with E-state index in [0.29, 0.717) is 37.6 Å². The molecular weight excluding hydrogens is 422 g/mol. The van der Waals surface area contributed by atoms with Gasteiger partial charge < -0.3 is 18.9 Å². The Hall–Kier alpha value is -2.10. The van der Waals surface area contributed by atoms with Crippen LogP contribution in [0, 0.1) is 11.8 Å². The van der Waals surface area contributed by atoms with Crippen molar-refractivity contribution in [2.24, 2.45) is 11.8 Å². The fourth-order valence-electron chi connectivity index (χ4n) is 5.20. The fraction of sp³-hybridized carbons (Fsp3) is 0.591. The molecule has 0 aromatic heterocycles. The van der Waals surface area contributed by atoms with Gasteiger partial charge >= 0.3 is 0 Å². The minimum Gasteiger partial charge on any atom is -0.497 e. The molecule has 0 radical (unpaired) electrons. The molecule has 2 saturated heterocycles. The van der Waals surface area contributed by atoms with Gasteiger partial charge in [-0.1, -0.05) is 0 Å². The van der Waals surface area contributed by atoms with Crippen LogP contribution >= 0.6 is 0 Å². The van der Waals surface area contributed by atoms with Gasteiger partial charge in [-0.2, -0.15) is 0 Å². The molecule has 168 valence electrons. The molecule has 31 heavy (non-hydrogen) atoms. The van der Waals surface area contributed by atoms with Crippen molar-refractivity contribution in [1.29, 1.82) is 0 Å². The van der Waals surface area contributed by atoms with Crippen LogP contribution in [-0.2, 0) is 24.1 Å². The van der Waals surface area contributed by atoms with Crippen LogP contribution < -0.4 is 9.47 Å². The first-order valence-electron chi connectivity index (χ1n) is 10.7. The zero-order chi connectivity index (χ0) is 21.6. The first kappa shape index (κ1) is 20.8. The van der Waals surface area contributed by atoms with Gasteiger partial charge in [0.05, 0.1) is 37.4 Å². The number of benzene rings is 1. The second-order valence-electron chi connectivity index (χ2n) is 8.73. The van der Waals surface area contributed by atoms with Crippen LogP contribution in [0.2, 0.25) is 0 Å². The van der Waals surface area contributed by atoms with E-state index in [0.717, 1.165) is 6.42 Å². The third-order valence-corrected chi connectivity index (χ3v) is 8.63. The molecule has 5 atom stereocenters. The van der Waals surface area contributed by atoms with Crippen LogP contribution in [-0.4, -0.2) is 69.2 Å². The summed E-state index contributed by atoms with van der Waals surface area (Å²) in [6.07, 6.45) is 3.28. The van der Waals surface area contributed by atoms with Crippen molar-refractivity contribution in [3.63, 3.8) is 0 Å². The Morgan fingerprint density at radius 3 is 2.58 bits per heavy atom. The predicted molar refractivity (Wildman–Crippen MR) is 111 cm³/mol. The number of allylic oxidation sites excluding steroid dienone is 1. The lowest BCUT2D eigenvalue weighted by atomic mass is 9.73. The maximum absolute atomic E-state index is 13.2. The van der Waals surface area contributed by atoms with E-state index in [1.807, 2.05) is 0 Å². The molecule has 3 fully saturated rings. The van der Waals surface area contributed by atoms with Crippen molar-refractivity contribution in [3.8, 4) is 11.5 Å². The molecule has 0 spiro atoms. The third kappa shape index (κ3) is 4.06. The van der Waals surface area contributed by atoms with Crippen LogP contribution in [0.25, 0.3) is 0 Å². The average molecular weight is 450 g/mol. The molecule has 3 heterocycles. The number of hydrogen-bond acceptors (Lipinski definition) is 8. The lowest BCUT2D eigenvalue weighted by Gasteiger charge is -2.49. The molecular formula is C22H27NO7S. The van der Waals surface area contributed by atoms with Crippen molar-refractivity contribution in [3.05, 3.63) is 36.3 Å². The third-order valence-electron chi connectivity index (χ3n) is 6.88. The molecule has 5 unspecified atom stereocenters. The van der Waals surface area contributed by atoms with Crippen molar-refractivity contribution in [2.45, 2.75) is 37.5 Å². The molecule has 1 aromatic rings. The topological polar surface area (TPSA) is 91.4 Å². The van der Waals surface area contributed by atoms with Crippen LogP contribution in [0.4, 0.5) is 0 Å². The second-order valence-corrected chi connectivity index (χ2v) is 11.0. The molecule has 0 N–H and O–H groups in total. The zero-order valence-electron chi connectivity index (χ0n) is 17.4. The standard InChI is InChI=1S/C22H27NO7S/c1-27-15-2-4-16(5-3-15)30-20-11-28-22-17(21(20)24)6-7-19-18(22)10-23(13-29-19)14-8-9-31(25,26)12-14/h2-5,11,14,17-19,22H,6-10,12-13H2,1H3. The molecule has 5 rings (SSSR count). The lowest BCUT2D eigenvalue weighted by Crippen LogP contribution is -2.58. The molecule has 4 aliphatic rings. The number of ketones is 1. The molecule has 9 heteroatoms. The fourth-order valence-corrected chi connectivity index (χ4v) is 6.96. The Morgan fingerprint density at radius 1 is 1.10 bits per heavy atom. The Morgan fingerprint density at radius 2 is 1.87 bits per heavy atom. The van der Waals surface area contributed by atoms with Crippen LogP contribution in [0.15, 0.2) is 36.3 Å². The van der Waals surface area contributed by atoms with E-state index in [1.54, 1.807) is 31.4 Å². The lowest BCUT2D eigenvalue weighted by molar-refractivity contribution is -0.178. The van der Waals surface area contributed by atoms with E-state index in [1.165, 1.54) is 6.26 Å². The monoisotopic (exact) mass is 449 g/mol. The number of carbonyl (C=O) groups excluding carboxylic acids is 1. The van der Waals surface area contributed by atoms with Crippen molar-refractivity contribution < 1.29 is 32.2 Å². The summed E-state index contributed by atoms with van der Waals surface area (Å²) in [5, 5.41) is 0. The summed E-state index contributed by atoms with van der Waals surface area (Å²) in [5.74, 6) is 1.58. The van der Waals surface area contributed by atoms with Crippen LogP contribution in [0.5, 0.6) is 11.5 Å². The maximum Gasteiger partial charge on any atom is 0.208 e. The van der Waals surface area contributed by atoms with Gasteiger partial charge in [0.2, 0.25) is 11.5 Å². The normalized spacial score (nSPS) is 34.8. The molecule has 1 saturated carbocycles. The summed E-state index contributed by atoms with van der Waals surface area (Å²) < 4.78 is 46.9. The summed E-state index contributed by atoms with van der Waals surface area (Å²) in [7, 11) is -1.37. The highest BCUT2D eigenvalue weighted by Gasteiger charge is 2.50. The van der Waals surface area contributed by atoms with Gasteiger partial charge in [0, 0.05) is 18.5 Å². The van der Waals surface area contributed by atoms with Gasteiger partial charge in [0.15, 0.2) is 9.84 Å². The van der Waals surface area contributed by atoms with E-state index in [2.05, 4.69) is 4.90 Å². The van der Waals surface area contributed by atoms with Crippen LogP contribution in [0.3, 0.4) is 0 Å². The molecule has 1 aromatic carbocycles. The van der Waals surface area contributed by atoms with Crippen molar-refractivity contribution >= 4 is 15.6 Å². The van der Waals surface area contributed by atoms with E-state index >= 15 is 0 Å². The number of carbonyl (C=O) groups is 1. The van der Waals surface area contributed by atoms with Gasteiger partial charge in [-0.15, -0.1) is 0 Å². The van der Waals surface area contributed by atoms with E-state index < -0.39 is 9.84 Å². The summed E-state index contributed by atoms with van der Waals surface area (Å²) in [6.45, 7) is 1.12. The number of rotatable bonds is 4. The van der Waals surface area contributed by atoms with Gasteiger partial charge in [-0.3, -0.25) is 9.69 Å². The Balaban J connectivity index is 1.29. The SMILES string of the molecule is COc1ccc(OC2=COC3C(CCC4OCN(C5CCS(=O)(=O)C5)CC43)C2=O)cc1. The highest BCUT2D eigenvalue weighted by atomic mass is 32.2. The summed E-state index contributed by atoms with van der Waals surface area (Å²) in [6, 6.07) is 7.02. The summed E-state index contributed by atoms with van der Waals surface area (Å²) >= 11 is 0. The first-order chi connectivity index (χ1) is 14.9. The smallest absolute Gasteiger partial charge is 0.208 e. The molecule has 8 nitrogen and oxygen atoms in total. The zero-order valence-corrected chi connectivity index (χ0v) is 18.3. The predicted octanol–water partition coefficient (Wildman–Crippen LogP) is 1.75. The molecule has 0 amide bonds. The number of methoxy groups -OCH3 is 1. The van der Waals surface area contributed by atoms with Crippen LogP contribution in [0.1, 0.15) is 19.3 Å². The number of sulfone groups is 1. The first-order valence-corrected chi connectivity index (χ1v) is 12.5. The van der Waals surface area contributed by atoms with Crippen molar-refractivity contribution in [2.75, 3.05) is 31.9 Å². The number of nitrogens with zero attached hydrogens (tertiary/aromatic N) is 1. The second kappa shape index (κ2) is 8.11. The quantitative estimate of drug-likeness (QED) is 0.687. The van der Waals surface area contributed by atoms with Gasteiger partial charge in [-0.05, 0) is 43.5 Å². The minimum absolute atomic E-state index is 0.0184. The van der Waals surface area contributed by atoms with E-state index in [9.17, 15) is 13.2 Å². The highest BCUT2D eigenvalue weighted by molar-refractivity contribution is 7.91. The Kier molecular flexibility index (Phi) is 5.44. The maximum atomic E-state index is 13.2. The molecule has 3 aliphatic heterocycles. The number of Topliss-reactive ketones (excluding diaryl/α,β-unsaturated/α-hetero) is 1. The van der Waals surface area contributed by atoms with Crippen molar-refractivity contribution in [1.82, 2.24) is 4.90 Å². The van der Waals surface area contributed by atoms with Gasteiger partial charge in [0.25, 0.3) is 0 Å². The Bertz CT molecular complexity index is 974.